The molecule has 0 amide bonds. The fourth-order valence-corrected chi connectivity index (χ4v) is 3.16. The van der Waals surface area contributed by atoms with Gasteiger partial charge in [0.25, 0.3) is 0 Å². The van der Waals surface area contributed by atoms with Crippen molar-refractivity contribution < 1.29 is 19.1 Å². The molecule has 0 bridgehead atoms. The highest BCUT2D eigenvalue weighted by atomic mass is 16.5. The summed E-state index contributed by atoms with van der Waals surface area (Å²) in [6.07, 6.45) is 1.34. The summed E-state index contributed by atoms with van der Waals surface area (Å²) in [5.74, 6) is 2.24. The van der Waals surface area contributed by atoms with E-state index < -0.39 is 0 Å². The first-order chi connectivity index (χ1) is 10.0. The maximum Gasteiger partial charge on any atom is 0.173 e. The van der Waals surface area contributed by atoms with Crippen molar-refractivity contribution in [2.45, 2.75) is 38.9 Å². The van der Waals surface area contributed by atoms with Crippen molar-refractivity contribution >= 4 is 5.82 Å². The molecule has 0 fully saturated rings. The lowest BCUT2D eigenvalue weighted by Crippen LogP contribution is -2.07. The number of nitrogens with two attached hydrogens (primary N) is 1. The van der Waals surface area contributed by atoms with Gasteiger partial charge in [-0.25, -0.2) is 0 Å². The molecule has 1 aromatic carbocycles. The molecule has 0 aliphatic carbocycles. The van der Waals surface area contributed by atoms with Crippen molar-refractivity contribution in [1.29, 1.82) is 0 Å². The van der Waals surface area contributed by atoms with E-state index in [1.807, 2.05) is 13.8 Å². The smallest absolute Gasteiger partial charge is 0.173 e. The quantitative estimate of drug-likeness (QED) is 0.836. The minimum Gasteiger partial charge on any atom is -0.504 e. The zero-order valence-electron chi connectivity index (χ0n) is 11.8. The van der Waals surface area contributed by atoms with Gasteiger partial charge in [0.05, 0.1) is 5.56 Å². The summed E-state index contributed by atoms with van der Waals surface area (Å²) in [7, 11) is 0. The van der Waals surface area contributed by atoms with Gasteiger partial charge in [0.15, 0.2) is 23.1 Å². The normalized spacial score (nSPS) is 22.6. The average molecular weight is 288 g/mol. The van der Waals surface area contributed by atoms with E-state index in [1.165, 1.54) is 0 Å². The molecule has 21 heavy (non-hydrogen) atoms. The van der Waals surface area contributed by atoms with Crippen LogP contribution in [0, 0.1) is 0 Å². The third kappa shape index (κ3) is 1.68. The summed E-state index contributed by atoms with van der Waals surface area (Å²) in [5.41, 5.74) is 8.12. The van der Waals surface area contributed by atoms with Gasteiger partial charge in [0.1, 0.15) is 18.0 Å². The van der Waals surface area contributed by atoms with E-state index >= 15 is 0 Å². The third-order valence-electron chi connectivity index (χ3n) is 3.97. The van der Waals surface area contributed by atoms with Gasteiger partial charge in [-0.05, 0) is 13.8 Å². The summed E-state index contributed by atoms with van der Waals surface area (Å²) in [4.78, 5) is 0. The fraction of sp³-hybridized carbons (Fsp3) is 0.400. The number of hydrogen-bond acceptors (Lipinski definition) is 6. The Morgan fingerprint density at radius 3 is 2.48 bits per heavy atom. The zero-order valence-corrected chi connectivity index (χ0v) is 11.8. The van der Waals surface area contributed by atoms with Crippen LogP contribution in [-0.2, 0) is 12.8 Å². The van der Waals surface area contributed by atoms with Crippen molar-refractivity contribution in [3.05, 3.63) is 17.2 Å². The Balaban J connectivity index is 2.02. The molecule has 4 rings (SSSR count). The van der Waals surface area contributed by atoms with Gasteiger partial charge in [-0.3, -0.25) is 0 Å². The van der Waals surface area contributed by atoms with Crippen molar-refractivity contribution in [1.82, 2.24) is 5.16 Å². The van der Waals surface area contributed by atoms with Crippen LogP contribution in [0.25, 0.3) is 11.3 Å². The van der Waals surface area contributed by atoms with E-state index in [0.29, 0.717) is 35.9 Å². The van der Waals surface area contributed by atoms with E-state index in [4.69, 9.17) is 19.7 Å². The van der Waals surface area contributed by atoms with Crippen LogP contribution < -0.4 is 15.2 Å². The monoisotopic (exact) mass is 288 g/mol. The number of phenolic OH excluding ortho intramolecular Hbond substituents is 1. The van der Waals surface area contributed by atoms with Crippen LogP contribution in [0.4, 0.5) is 5.82 Å². The topological polar surface area (TPSA) is 90.7 Å². The van der Waals surface area contributed by atoms with E-state index in [2.05, 4.69) is 5.16 Å². The average Bonchev–Trinajstić information content (AvgIpc) is 3.09. The number of phenols is 1. The van der Waals surface area contributed by atoms with Crippen LogP contribution in [-0.4, -0.2) is 22.5 Å². The molecule has 2 aliphatic rings. The molecule has 0 radical (unpaired) electrons. The SMILES string of the molecule is CC1Cc2c(c(O)c3c(c2-c2cc(N)no2)OC(C)C3)O1. The number of benzene rings is 1. The van der Waals surface area contributed by atoms with Gasteiger partial charge >= 0.3 is 0 Å². The second-order valence-electron chi connectivity index (χ2n) is 5.72. The number of hydrogen-bond donors (Lipinski definition) is 2. The first kappa shape index (κ1) is 12.4. The minimum atomic E-state index is 0.00451. The summed E-state index contributed by atoms with van der Waals surface area (Å²) < 4.78 is 17.0. The molecule has 1 aromatic heterocycles. The fourth-order valence-electron chi connectivity index (χ4n) is 3.16. The molecule has 2 aliphatic heterocycles. The Morgan fingerprint density at radius 1 is 1.14 bits per heavy atom. The summed E-state index contributed by atoms with van der Waals surface area (Å²) in [5, 5.41) is 14.2. The zero-order chi connectivity index (χ0) is 14.7. The molecule has 0 saturated heterocycles. The Hall–Kier alpha value is -2.37. The highest BCUT2D eigenvalue weighted by Gasteiger charge is 2.37. The van der Waals surface area contributed by atoms with Crippen molar-refractivity contribution in [3.8, 4) is 28.6 Å². The maximum absolute atomic E-state index is 10.5. The van der Waals surface area contributed by atoms with E-state index in [-0.39, 0.29) is 18.0 Å². The summed E-state index contributed by atoms with van der Waals surface area (Å²) in [6.45, 7) is 3.93. The van der Waals surface area contributed by atoms with Crippen molar-refractivity contribution in [3.63, 3.8) is 0 Å². The highest BCUT2D eigenvalue weighted by molar-refractivity contribution is 5.81. The first-order valence-electron chi connectivity index (χ1n) is 7.01. The summed E-state index contributed by atoms with van der Waals surface area (Å²) in [6, 6.07) is 1.67. The van der Waals surface area contributed by atoms with Gasteiger partial charge in [0, 0.05) is 30.0 Å². The second kappa shape index (κ2) is 4.07. The second-order valence-corrected chi connectivity index (χ2v) is 5.72. The minimum absolute atomic E-state index is 0.00451. The molecule has 2 atom stereocenters. The Kier molecular flexibility index (Phi) is 2.40. The van der Waals surface area contributed by atoms with E-state index in [0.717, 1.165) is 16.7 Å². The standard InChI is InChI=1S/C15H16N2O4/c1-6-3-8-12(10-5-11(16)17-21-10)14-9(4-7(2)19-14)13(18)15(8)20-6/h5-7,18H,3-4H2,1-2H3,(H2,16,17). The predicted molar refractivity (Wildman–Crippen MR) is 75.6 cm³/mol. The van der Waals surface area contributed by atoms with Crippen LogP contribution in [0.2, 0.25) is 0 Å². The van der Waals surface area contributed by atoms with Crippen LogP contribution in [0.5, 0.6) is 17.2 Å². The molecule has 3 N–H and O–H groups in total. The number of ether oxygens (including phenoxy) is 2. The lowest BCUT2D eigenvalue weighted by Gasteiger charge is -2.12. The van der Waals surface area contributed by atoms with Gasteiger partial charge in [-0.15, -0.1) is 0 Å². The Morgan fingerprint density at radius 2 is 1.81 bits per heavy atom. The molecule has 2 unspecified atom stereocenters. The first-order valence-corrected chi connectivity index (χ1v) is 7.01. The lowest BCUT2D eigenvalue weighted by molar-refractivity contribution is 0.244. The number of aromatic hydroxyl groups is 1. The number of nitrogens with zero attached hydrogens (tertiary/aromatic N) is 1. The number of fused-ring (bicyclic) bond motifs is 2. The maximum atomic E-state index is 10.5. The number of aromatic nitrogens is 1. The van der Waals surface area contributed by atoms with Crippen LogP contribution in [0.15, 0.2) is 10.6 Å². The molecule has 3 heterocycles. The van der Waals surface area contributed by atoms with Gasteiger partial charge < -0.3 is 24.8 Å². The number of rotatable bonds is 1. The molecule has 0 spiro atoms. The van der Waals surface area contributed by atoms with Gasteiger partial charge in [0.2, 0.25) is 0 Å². The molecule has 0 saturated carbocycles. The van der Waals surface area contributed by atoms with E-state index in [9.17, 15) is 5.11 Å². The molecule has 6 heteroatoms. The van der Waals surface area contributed by atoms with Crippen molar-refractivity contribution in [2.24, 2.45) is 0 Å². The van der Waals surface area contributed by atoms with Gasteiger partial charge in [-0.1, -0.05) is 5.16 Å². The van der Waals surface area contributed by atoms with Crippen LogP contribution in [0.3, 0.4) is 0 Å². The number of anilines is 1. The Labute approximate surface area is 121 Å². The van der Waals surface area contributed by atoms with Crippen LogP contribution >= 0.6 is 0 Å². The van der Waals surface area contributed by atoms with Gasteiger partial charge in [-0.2, -0.15) is 0 Å². The lowest BCUT2D eigenvalue weighted by atomic mass is 9.95. The number of nitrogen functional groups attached to an aromatic ring is 1. The molecular weight excluding hydrogens is 272 g/mol. The molecule has 110 valence electrons. The molecule has 2 aromatic rings. The predicted octanol–water partition coefficient (Wildman–Crippen LogP) is 2.28. The van der Waals surface area contributed by atoms with Crippen molar-refractivity contribution in [2.75, 3.05) is 5.73 Å². The highest BCUT2D eigenvalue weighted by Crippen LogP contribution is 2.54. The molecular formula is C15H16N2O4. The van der Waals surface area contributed by atoms with Crippen LogP contribution in [0.1, 0.15) is 25.0 Å². The Bertz CT molecular complexity index is 699. The van der Waals surface area contributed by atoms with E-state index in [1.54, 1.807) is 6.07 Å². The molecule has 6 nitrogen and oxygen atoms in total. The third-order valence-corrected chi connectivity index (χ3v) is 3.97. The summed E-state index contributed by atoms with van der Waals surface area (Å²) >= 11 is 0. The largest absolute Gasteiger partial charge is 0.504 e.